The van der Waals surface area contributed by atoms with Gasteiger partial charge in [-0.2, -0.15) is 0 Å². The molecule has 1 saturated carbocycles. The van der Waals surface area contributed by atoms with Crippen molar-refractivity contribution in [3.8, 4) is 0 Å². The number of rotatable bonds is 3. The Morgan fingerprint density at radius 2 is 1.93 bits per heavy atom. The topological polar surface area (TPSA) is 12.0 Å². The van der Waals surface area contributed by atoms with Crippen LogP contribution in [0.5, 0.6) is 0 Å². The molecular weight excluding hydrogens is 297 g/mol. The van der Waals surface area contributed by atoms with E-state index in [1.807, 2.05) is 0 Å². The average Bonchev–Trinajstić information content (AvgIpc) is 2.12. The summed E-state index contributed by atoms with van der Waals surface area (Å²) in [4.78, 5) is 0. The Bertz CT molecular complexity index is 329. The molecule has 1 aliphatic rings. The second-order valence-electron chi connectivity index (χ2n) is 4.80. The van der Waals surface area contributed by atoms with E-state index >= 15 is 0 Å². The first-order valence-electron chi connectivity index (χ1n) is 5.68. The van der Waals surface area contributed by atoms with Crippen LogP contribution in [0.4, 0.5) is 5.69 Å². The highest BCUT2D eigenvalue weighted by atomic mass is 127. The van der Waals surface area contributed by atoms with E-state index in [2.05, 4.69) is 66.0 Å². The average molecular weight is 315 g/mol. The lowest BCUT2D eigenvalue weighted by atomic mass is 9.73. The number of nitrogens with one attached hydrogen (secondary N) is 1. The summed E-state index contributed by atoms with van der Waals surface area (Å²) in [6.07, 6.45) is 2.67. The van der Waals surface area contributed by atoms with E-state index in [-0.39, 0.29) is 0 Å². The van der Waals surface area contributed by atoms with E-state index in [0.717, 1.165) is 11.8 Å². The van der Waals surface area contributed by atoms with Gasteiger partial charge >= 0.3 is 0 Å². The third-order valence-electron chi connectivity index (χ3n) is 3.35. The number of anilines is 1. The fourth-order valence-corrected chi connectivity index (χ4v) is 2.67. The first-order chi connectivity index (χ1) is 7.16. The minimum atomic E-state index is 0.702. The summed E-state index contributed by atoms with van der Waals surface area (Å²) >= 11 is 2.39. The lowest BCUT2D eigenvalue weighted by Crippen LogP contribution is -2.38. The smallest absolute Gasteiger partial charge is 0.0478 e. The SMILES string of the molecule is CC(C)C1CC(Nc2ccccc2I)C1. The van der Waals surface area contributed by atoms with Crippen LogP contribution in [0.25, 0.3) is 0 Å². The maximum atomic E-state index is 3.62. The van der Waals surface area contributed by atoms with Crippen LogP contribution < -0.4 is 5.32 Å². The molecule has 0 aliphatic heterocycles. The molecule has 0 atom stereocenters. The highest BCUT2D eigenvalue weighted by Crippen LogP contribution is 2.36. The Morgan fingerprint density at radius 1 is 1.27 bits per heavy atom. The lowest BCUT2D eigenvalue weighted by Gasteiger charge is -2.39. The largest absolute Gasteiger partial charge is 0.381 e. The van der Waals surface area contributed by atoms with Crippen molar-refractivity contribution in [3.63, 3.8) is 0 Å². The van der Waals surface area contributed by atoms with Crippen molar-refractivity contribution in [3.05, 3.63) is 27.8 Å². The summed E-state index contributed by atoms with van der Waals surface area (Å²) in [5.41, 5.74) is 1.30. The van der Waals surface area contributed by atoms with Crippen molar-refractivity contribution in [1.29, 1.82) is 0 Å². The van der Waals surface area contributed by atoms with Crippen molar-refractivity contribution in [2.75, 3.05) is 5.32 Å². The van der Waals surface area contributed by atoms with Gasteiger partial charge in [0, 0.05) is 15.3 Å². The maximum absolute atomic E-state index is 3.62. The molecule has 82 valence electrons. The third kappa shape index (κ3) is 2.65. The lowest BCUT2D eigenvalue weighted by molar-refractivity contribution is 0.212. The van der Waals surface area contributed by atoms with Gasteiger partial charge in [0.05, 0.1) is 0 Å². The van der Waals surface area contributed by atoms with Crippen molar-refractivity contribution in [1.82, 2.24) is 0 Å². The molecule has 0 radical (unpaired) electrons. The fraction of sp³-hybridized carbons (Fsp3) is 0.538. The van der Waals surface area contributed by atoms with Crippen LogP contribution in [0.2, 0.25) is 0 Å². The number of para-hydroxylation sites is 1. The van der Waals surface area contributed by atoms with Gasteiger partial charge in [0.15, 0.2) is 0 Å². The molecule has 2 rings (SSSR count). The normalized spacial score (nSPS) is 25.1. The van der Waals surface area contributed by atoms with Gasteiger partial charge in [-0.3, -0.25) is 0 Å². The standard InChI is InChI=1S/C13H18IN/c1-9(2)10-7-11(8-10)15-13-6-4-3-5-12(13)14/h3-6,9-11,15H,7-8H2,1-2H3. The Hall–Kier alpha value is -0.250. The molecule has 1 N–H and O–H groups in total. The van der Waals surface area contributed by atoms with Crippen LogP contribution in [-0.2, 0) is 0 Å². The molecule has 0 unspecified atom stereocenters. The zero-order valence-corrected chi connectivity index (χ0v) is 11.5. The van der Waals surface area contributed by atoms with E-state index < -0.39 is 0 Å². The summed E-state index contributed by atoms with van der Waals surface area (Å²) in [6, 6.07) is 9.22. The predicted octanol–water partition coefficient (Wildman–Crippen LogP) is 4.14. The van der Waals surface area contributed by atoms with Crippen LogP contribution in [0.1, 0.15) is 26.7 Å². The van der Waals surface area contributed by atoms with Gasteiger partial charge in [0.1, 0.15) is 0 Å². The molecule has 0 spiro atoms. The number of benzene rings is 1. The van der Waals surface area contributed by atoms with Gasteiger partial charge in [-0.1, -0.05) is 26.0 Å². The summed E-state index contributed by atoms with van der Waals surface area (Å²) < 4.78 is 1.32. The van der Waals surface area contributed by atoms with Crippen molar-refractivity contribution >= 4 is 28.3 Å². The summed E-state index contributed by atoms with van der Waals surface area (Å²) in [6.45, 7) is 4.65. The molecule has 0 bridgehead atoms. The highest BCUT2D eigenvalue weighted by Gasteiger charge is 2.31. The predicted molar refractivity (Wildman–Crippen MR) is 74.1 cm³/mol. The van der Waals surface area contributed by atoms with Crippen LogP contribution in [0.3, 0.4) is 0 Å². The van der Waals surface area contributed by atoms with Gasteiger partial charge in [-0.15, -0.1) is 0 Å². The molecule has 1 aromatic rings. The molecule has 0 amide bonds. The van der Waals surface area contributed by atoms with E-state index in [1.54, 1.807) is 0 Å². The van der Waals surface area contributed by atoms with Crippen molar-refractivity contribution in [2.24, 2.45) is 11.8 Å². The number of halogens is 1. The molecule has 1 nitrogen and oxygen atoms in total. The molecule has 0 heterocycles. The minimum Gasteiger partial charge on any atom is -0.381 e. The quantitative estimate of drug-likeness (QED) is 0.827. The Balaban J connectivity index is 1.88. The van der Waals surface area contributed by atoms with Gasteiger partial charge in [0.2, 0.25) is 0 Å². The van der Waals surface area contributed by atoms with E-state index in [9.17, 15) is 0 Å². The minimum absolute atomic E-state index is 0.702. The van der Waals surface area contributed by atoms with Crippen LogP contribution >= 0.6 is 22.6 Å². The first-order valence-corrected chi connectivity index (χ1v) is 6.75. The van der Waals surface area contributed by atoms with Crippen molar-refractivity contribution < 1.29 is 0 Å². The summed E-state index contributed by atoms with van der Waals surface area (Å²) in [5.74, 6) is 1.78. The van der Waals surface area contributed by atoms with Crippen LogP contribution in [0.15, 0.2) is 24.3 Å². The molecule has 1 aromatic carbocycles. The van der Waals surface area contributed by atoms with Gasteiger partial charge < -0.3 is 5.32 Å². The highest BCUT2D eigenvalue weighted by molar-refractivity contribution is 14.1. The molecule has 15 heavy (non-hydrogen) atoms. The zero-order valence-electron chi connectivity index (χ0n) is 9.33. The molecule has 1 fully saturated rings. The van der Waals surface area contributed by atoms with Gasteiger partial charge in [-0.25, -0.2) is 0 Å². The maximum Gasteiger partial charge on any atom is 0.0478 e. The zero-order chi connectivity index (χ0) is 10.8. The third-order valence-corrected chi connectivity index (χ3v) is 4.29. The van der Waals surface area contributed by atoms with E-state index in [4.69, 9.17) is 0 Å². The van der Waals surface area contributed by atoms with Gasteiger partial charge in [-0.05, 0) is 59.4 Å². The van der Waals surface area contributed by atoms with Gasteiger partial charge in [0.25, 0.3) is 0 Å². The second-order valence-corrected chi connectivity index (χ2v) is 5.96. The Labute approximate surface area is 106 Å². The monoisotopic (exact) mass is 315 g/mol. The first kappa shape index (κ1) is 11.2. The second kappa shape index (κ2) is 4.73. The number of hydrogen-bond acceptors (Lipinski definition) is 1. The molecule has 0 aromatic heterocycles. The van der Waals surface area contributed by atoms with Crippen LogP contribution in [-0.4, -0.2) is 6.04 Å². The Morgan fingerprint density at radius 3 is 2.53 bits per heavy atom. The van der Waals surface area contributed by atoms with Crippen molar-refractivity contribution in [2.45, 2.75) is 32.7 Å². The number of hydrogen-bond donors (Lipinski definition) is 1. The summed E-state index contributed by atoms with van der Waals surface area (Å²) in [5, 5.41) is 3.62. The van der Waals surface area contributed by atoms with E-state index in [1.165, 1.54) is 22.1 Å². The summed E-state index contributed by atoms with van der Waals surface area (Å²) in [7, 11) is 0. The van der Waals surface area contributed by atoms with E-state index in [0.29, 0.717) is 6.04 Å². The molecular formula is C13H18IN. The Kier molecular flexibility index (Phi) is 3.54. The molecule has 0 saturated heterocycles. The fourth-order valence-electron chi connectivity index (χ4n) is 2.12. The molecule has 2 heteroatoms. The molecule has 1 aliphatic carbocycles. The van der Waals surface area contributed by atoms with Crippen LogP contribution in [0, 0.1) is 15.4 Å².